The first kappa shape index (κ1) is 21.5. The van der Waals surface area contributed by atoms with Gasteiger partial charge in [-0.25, -0.2) is 0 Å². The number of hydrogen-bond donors (Lipinski definition) is 3. The lowest BCUT2D eigenvalue weighted by Crippen LogP contribution is -2.44. The molecule has 0 bridgehead atoms. The Bertz CT molecular complexity index is 482. The summed E-state index contributed by atoms with van der Waals surface area (Å²) in [6, 6.07) is 10.3. The Morgan fingerprint density at radius 3 is 2.48 bits per heavy atom. The van der Waals surface area contributed by atoms with E-state index in [2.05, 4.69) is 67.7 Å². The number of hydrogen-bond acceptors (Lipinski definition) is 3. The Hall–Kier alpha value is -1.59. The summed E-state index contributed by atoms with van der Waals surface area (Å²) in [7, 11) is 0. The number of ether oxygens (including phenoxy) is 1. The fourth-order valence-corrected chi connectivity index (χ4v) is 2.21. The molecule has 0 aliphatic heterocycles. The van der Waals surface area contributed by atoms with E-state index in [-0.39, 0.29) is 5.54 Å². The molecular formula is C20H36N4O. The summed E-state index contributed by atoms with van der Waals surface area (Å²) in [5.41, 5.74) is 1.35. The van der Waals surface area contributed by atoms with Crippen LogP contribution in [0.4, 0.5) is 0 Å². The average molecular weight is 349 g/mol. The van der Waals surface area contributed by atoms with Gasteiger partial charge in [-0.15, -0.1) is 0 Å². The maximum absolute atomic E-state index is 5.79. The molecule has 0 aliphatic carbocycles. The SMILES string of the molecule is CCNC(=NCC(C)COCc1ccccc1)NCCNC(C)(C)C. The zero-order valence-electron chi connectivity index (χ0n) is 16.6. The van der Waals surface area contributed by atoms with Gasteiger partial charge in [0.15, 0.2) is 5.96 Å². The van der Waals surface area contributed by atoms with Crippen molar-refractivity contribution >= 4 is 5.96 Å². The van der Waals surface area contributed by atoms with Gasteiger partial charge in [0.05, 0.1) is 13.2 Å². The van der Waals surface area contributed by atoms with Gasteiger partial charge in [0, 0.05) is 31.7 Å². The highest BCUT2D eigenvalue weighted by Gasteiger charge is 2.08. The van der Waals surface area contributed by atoms with Crippen LogP contribution in [0.25, 0.3) is 0 Å². The van der Waals surface area contributed by atoms with Crippen molar-refractivity contribution in [3.05, 3.63) is 35.9 Å². The van der Waals surface area contributed by atoms with E-state index in [0.717, 1.165) is 32.1 Å². The number of guanidine groups is 1. The molecule has 142 valence electrons. The Balaban J connectivity index is 2.27. The van der Waals surface area contributed by atoms with Crippen LogP contribution in [0.5, 0.6) is 0 Å². The van der Waals surface area contributed by atoms with Crippen LogP contribution >= 0.6 is 0 Å². The summed E-state index contributed by atoms with van der Waals surface area (Å²) >= 11 is 0. The Morgan fingerprint density at radius 2 is 1.84 bits per heavy atom. The molecule has 1 unspecified atom stereocenters. The molecule has 5 nitrogen and oxygen atoms in total. The Labute approximate surface area is 153 Å². The van der Waals surface area contributed by atoms with Gasteiger partial charge in [-0.2, -0.15) is 0 Å². The summed E-state index contributed by atoms with van der Waals surface area (Å²) in [5.74, 6) is 1.25. The minimum atomic E-state index is 0.141. The summed E-state index contributed by atoms with van der Waals surface area (Å²) in [6.45, 7) is 15.5. The van der Waals surface area contributed by atoms with Gasteiger partial charge in [-0.1, -0.05) is 37.3 Å². The van der Waals surface area contributed by atoms with Gasteiger partial charge < -0.3 is 20.7 Å². The van der Waals surface area contributed by atoms with Crippen LogP contribution in [0, 0.1) is 5.92 Å². The molecule has 5 heteroatoms. The van der Waals surface area contributed by atoms with Crippen LogP contribution in [-0.2, 0) is 11.3 Å². The van der Waals surface area contributed by atoms with Crippen molar-refractivity contribution in [2.45, 2.75) is 46.8 Å². The van der Waals surface area contributed by atoms with Gasteiger partial charge in [0.25, 0.3) is 0 Å². The van der Waals surface area contributed by atoms with E-state index < -0.39 is 0 Å². The molecule has 0 spiro atoms. The van der Waals surface area contributed by atoms with Gasteiger partial charge in [-0.3, -0.25) is 4.99 Å². The predicted molar refractivity (Wildman–Crippen MR) is 107 cm³/mol. The molecule has 25 heavy (non-hydrogen) atoms. The summed E-state index contributed by atoms with van der Waals surface area (Å²) in [5, 5.41) is 10.1. The summed E-state index contributed by atoms with van der Waals surface area (Å²) < 4.78 is 5.79. The number of rotatable bonds is 10. The Kier molecular flexibility index (Phi) is 10.2. The standard InChI is InChI=1S/C20H36N4O/c1-6-21-19(22-12-13-24-20(3,4)5)23-14-17(2)15-25-16-18-10-8-7-9-11-18/h7-11,17,24H,6,12-16H2,1-5H3,(H2,21,22,23). The molecule has 1 aromatic carbocycles. The highest BCUT2D eigenvalue weighted by Crippen LogP contribution is 2.03. The van der Waals surface area contributed by atoms with Crippen molar-refractivity contribution in [1.29, 1.82) is 0 Å². The number of nitrogens with one attached hydrogen (secondary N) is 3. The lowest BCUT2D eigenvalue weighted by molar-refractivity contribution is 0.0945. The van der Waals surface area contributed by atoms with Crippen molar-refractivity contribution in [2.24, 2.45) is 10.9 Å². The van der Waals surface area contributed by atoms with E-state index in [0.29, 0.717) is 19.1 Å². The molecule has 0 heterocycles. The van der Waals surface area contributed by atoms with E-state index >= 15 is 0 Å². The molecular weight excluding hydrogens is 312 g/mol. The molecule has 1 aromatic rings. The molecule has 0 radical (unpaired) electrons. The lowest BCUT2D eigenvalue weighted by atomic mass is 10.1. The minimum absolute atomic E-state index is 0.141. The average Bonchev–Trinajstić information content (AvgIpc) is 2.56. The molecule has 0 saturated carbocycles. The van der Waals surface area contributed by atoms with E-state index in [1.165, 1.54) is 5.56 Å². The first-order valence-corrected chi connectivity index (χ1v) is 9.29. The Morgan fingerprint density at radius 1 is 1.12 bits per heavy atom. The number of aliphatic imine (C=N–C) groups is 1. The van der Waals surface area contributed by atoms with E-state index in [1.54, 1.807) is 0 Å². The smallest absolute Gasteiger partial charge is 0.191 e. The van der Waals surface area contributed by atoms with E-state index in [4.69, 9.17) is 4.74 Å². The summed E-state index contributed by atoms with van der Waals surface area (Å²) in [4.78, 5) is 4.66. The second kappa shape index (κ2) is 11.9. The molecule has 3 N–H and O–H groups in total. The molecule has 0 aromatic heterocycles. The zero-order valence-corrected chi connectivity index (χ0v) is 16.6. The van der Waals surface area contributed by atoms with Crippen molar-refractivity contribution in [2.75, 3.05) is 32.8 Å². The van der Waals surface area contributed by atoms with Crippen LogP contribution in [0.15, 0.2) is 35.3 Å². The monoisotopic (exact) mass is 348 g/mol. The van der Waals surface area contributed by atoms with E-state index in [9.17, 15) is 0 Å². The van der Waals surface area contributed by atoms with Gasteiger partial charge >= 0.3 is 0 Å². The van der Waals surface area contributed by atoms with Crippen molar-refractivity contribution in [1.82, 2.24) is 16.0 Å². The quantitative estimate of drug-likeness (QED) is 0.346. The van der Waals surface area contributed by atoms with Crippen LogP contribution in [-0.4, -0.2) is 44.3 Å². The fourth-order valence-electron chi connectivity index (χ4n) is 2.21. The van der Waals surface area contributed by atoms with Crippen LogP contribution < -0.4 is 16.0 Å². The van der Waals surface area contributed by atoms with Crippen molar-refractivity contribution in [3.63, 3.8) is 0 Å². The highest BCUT2D eigenvalue weighted by atomic mass is 16.5. The third-order valence-electron chi connectivity index (χ3n) is 3.49. The van der Waals surface area contributed by atoms with Gasteiger partial charge in [-0.05, 0) is 39.2 Å². The first-order chi connectivity index (χ1) is 11.9. The van der Waals surface area contributed by atoms with E-state index in [1.807, 2.05) is 18.2 Å². The summed E-state index contributed by atoms with van der Waals surface area (Å²) in [6.07, 6.45) is 0. The molecule has 0 amide bonds. The van der Waals surface area contributed by atoms with Crippen LogP contribution in [0.2, 0.25) is 0 Å². The highest BCUT2D eigenvalue weighted by molar-refractivity contribution is 5.79. The molecule has 0 fully saturated rings. The largest absolute Gasteiger partial charge is 0.376 e. The molecule has 1 rings (SSSR count). The van der Waals surface area contributed by atoms with Crippen molar-refractivity contribution in [3.8, 4) is 0 Å². The van der Waals surface area contributed by atoms with Gasteiger partial charge in [0.1, 0.15) is 0 Å². The molecule has 1 atom stereocenters. The lowest BCUT2D eigenvalue weighted by Gasteiger charge is -2.21. The fraction of sp³-hybridized carbons (Fsp3) is 0.650. The predicted octanol–water partition coefficient (Wildman–Crippen LogP) is 2.78. The zero-order chi connectivity index (χ0) is 18.5. The second-order valence-corrected chi connectivity index (χ2v) is 7.43. The molecule has 0 aliphatic rings. The maximum Gasteiger partial charge on any atom is 0.191 e. The minimum Gasteiger partial charge on any atom is -0.376 e. The normalized spacial score (nSPS) is 13.6. The third kappa shape index (κ3) is 11.6. The first-order valence-electron chi connectivity index (χ1n) is 9.29. The molecule has 0 saturated heterocycles. The number of benzene rings is 1. The van der Waals surface area contributed by atoms with Crippen LogP contribution in [0.3, 0.4) is 0 Å². The third-order valence-corrected chi connectivity index (χ3v) is 3.49. The van der Waals surface area contributed by atoms with Crippen molar-refractivity contribution < 1.29 is 4.74 Å². The van der Waals surface area contributed by atoms with Crippen LogP contribution in [0.1, 0.15) is 40.2 Å². The van der Waals surface area contributed by atoms with Gasteiger partial charge in [0.2, 0.25) is 0 Å². The number of nitrogens with zero attached hydrogens (tertiary/aromatic N) is 1. The maximum atomic E-state index is 5.79. The second-order valence-electron chi connectivity index (χ2n) is 7.43. The topological polar surface area (TPSA) is 57.7 Å².